The van der Waals surface area contributed by atoms with E-state index in [0.29, 0.717) is 5.41 Å². The average Bonchev–Trinajstić information content (AvgIpc) is 2.63. The Morgan fingerprint density at radius 1 is 1.40 bits per heavy atom. The van der Waals surface area contributed by atoms with Gasteiger partial charge in [0.1, 0.15) is 0 Å². The van der Waals surface area contributed by atoms with Gasteiger partial charge in [-0.15, -0.1) is 11.8 Å². The quantitative estimate of drug-likeness (QED) is 0.666. The molecule has 3 heterocycles. The fourth-order valence-electron chi connectivity index (χ4n) is 2.69. The first kappa shape index (κ1) is 9.67. The molecule has 3 heteroatoms. The highest BCUT2D eigenvalue weighted by Gasteiger charge is 2.41. The highest BCUT2D eigenvalue weighted by atomic mass is 32.2. The van der Waals surface area contributed by atoms with Crippen molar-refractivity contribution >= 4 is 11.8 Å². The van der Waals surface area contributed by atoms with Crippen LogP contribution in [0.1, 0.15) is 18.4 Å². The van der Waals surface area contributed by atoms with E-state index in [1.54, 1.807) is 5.56 Å². The van der Waals surface area contributed by atoms with Gasteiger partial charge in [0.15, 0.2) is 0 Å². The van der Waals surface area contributed by atoms with Gasteiger partial charge in [0.25, 0.3) is 0 Å². The molecule has 1 fully saturated rings. The molecule has 0 unspecified atom stereocenters. The lowest BCUT2D eigenvalue weighted by Crippen LogP contribution is -2.41. The van der Waals surface area contributed by atoms with Crippen molar-refractivity contribution in [2.24, 2.45) is 0 Å². The number of hydrogen-bond acceptors (Lipinski definition) is 3. The molecule has 0 N–H and O–H groups in total. The van der Waals surface area contributed by atoms with E-state index in [-0.39, 0.29) is 0 Å². The highest BCUT2D eigenvalue weighted by Crippen LogP contribution is 2.48. The van der Waals surface area contributed by atoms with E-state index in [0.717, 1.165) is 0 Å². The molecule has 80 valence electrons. The summed E-state index contributed by atoms with van der Waals surface area (Å²) in [7, 11) is 2.22. The summed E-state index contributed by atoms with van der Waals surface area (Å²) < 4.78 is 0. The van der Waals surface area contributed by atoms with E-state index in [2.05, 4.69) is 23.0 Å². The molecule has 15 heavy (non-hydrogen) atoms. The van der Waals surface area contributed by atoms with Crippen LogP contribution in [0.15, 0.2) is 23.4 Å². The second kappa shape index (κ2) is 3.49. The van der Waals surface area contributed by atoms with E-state index >= 15 is 0 Å². The lowest BCUT2D eigenvalue weighted by atomic mass is 9.75. The van der Waals surface area contributed by atoms with Crippen molar-refractivity contribution in [1.29, 1.82) is 0 Å². The fraction of sp³-hybridized carbons (Fsp3) is 0.583. The van der Waals surface area contributed by atoms with Gasteiger partial charge in [-0.3, -0.25) is 4.98 Å². The third-order valence-electron chi connectivity index (χ3n) is 3.80. The van der Waals surface area contributed by atoms with Crippen LogP contribution in [0.4, 0.5) is 0 Å². The molecule has 2 aliphatic heterocycles. The second-order valence-corrected chi connectivity index (χ2v) is 5.76. The van der Waals surface area contributed by atoms with Crippen molar-refractivity contribution in [1.82, 2.24) is 9.88 Å². The number of aromatic nitrogens is 1. The summed E-state index contributed by atoms with van der Waals surface area (Å²) in [5.41, 5.74) is 2.03. The summed E-state index contributed by atoms with van der Waals surface area (Å²) >= 11 is 1.99. The maximum Gasteiger partial charge on any atom is 0.0406 e. The number of fused-ring (bicyclic) bond motifs is 2. The van der Waals surface area contributed by atoms with Crippen LogP contribution in [0.25, 0.3) is 0 Å². The molecule has 0 amide bonds. The summed E-state index contributed by atoms with van der Waals surface area (Å²) in [5, 5.41) is 0. The Kier molecular flexibility index (Phi) is 2.25. The lowest BCUT2D eigenvalue weighted by molar-refractivity contribution is 0.203. The van der Waals surface area contributed by atoms with Gasteiger partial charge in [-0.05, 0) is 44.6 Å². The number of hydrogen-bond donors (Lipinski definition) is 0. The first-order valence-electron chi connectivity index (χ1n) is 5.56. The molecule has 1 aromatic heterocycles. The second-order valence-electron chi connectivity index (χ2n) is 4.74. The maximum absolute atomic E-state index is 4.22. The first-order chi connectivity index (χ1) is 7.30. The molecular formula is C12H16N2S. The Balaban J connectivity index is 1.95. The van der Waals surface area contributed by atoms with Gasteiger partial charge >= 0.3 is 0 Å². The SMILES string of the molecule is CN1CCC2(CC1)CSc1cnccc12. The molecule has 0 atom stereocenters. The van der Waals surface area contributed by atoms with Crippen LogP contribution in [0.3, 0.4) is 0 Å². The van der Waals surface area contributed by atoms with Gasteiger partial charge in [0.05, 0.1) is 0 Å². The minimum Gasteiger partial charge on any atom is -0.306 e. The van der Waals surface area contributed by atoms with Crippen LogP contribution in [0.2, 0.25) is 0 Å². The Bertz CT molecular complexity index is 370. The Morgan fingerprint density at radius 3 is 3.00 bits per heavy atom. The van der Waals surface area contributed by atoms with Crippen LogP contribution in [0.5, 0.6) is 0 Å². The molecule has 0 aromatic carbocycles. The van der Waals surface area contributed by atoms with Crippen molar-refractivity contribution in [2.45, 2.75) is 23.2 Å². The summed E-state index contributed by atoms with van der Waals surface area (Å²) in [6, 6.07) is 2.24. The fourth-order valence-corrected chi connectivity index (χ4v) is 4.14. The van der Waals surface area contributed by atoms with E-state index in [1.807, 2.05) is 24.2 Å². The molecule has 0 radical (unpaired) electrons. The number of nitrogens with zero attached hydrogens (tertiary/aromatic N) is 2. The van der Waals surface area contributed by atoms with Gasteiger partial charge in [0.2, 0.25) is 0 Å². The molecular weight excluding hydrogens is 204 g/mol. The molecule has 1 spiro atoms. The summed E-state index contributed by atoms with van der Waals surface area (Å²) in [5.74, 6) is 1.27. The third kappa shape index (κ3) is 1.49. The number of piperidine rings is 1. The van der Waals surface area contributed by atoms with Gasteiger partial charge < -0.3 is 4.90 Å². The van der Waals surface area contributed by atoms with Crippen molar-refractivity contribution in [3.8, 4) is 0 Å². The summed E-state index contributed by atoms with van der Waals surface area (Å²) in [4.78, 5) is 8.08. The summed E-state index contributed by atoms with van der Waals surface area (Å²) in [6.45, 7) is 2.48. The zero-order valence-corrected chi connectivity index (χ0v) is 9.89. The van der Waals surface area contributed by atoms with Gasteiger partial charge in [-0.1, -0.05) is 0 Å². The first-order valence-corrected chi connectivity index (χ1v) is 6.55. The minimum absolute atomic E-state index is 0.468. The van der Waals surface area contributed by atoms with Gasteiger partial charge in [0, 0.05) is 28.5 Å². The zero-order valence-electron chi connectivity index (χ0n) is 9.07. The Hall–Kier alpha value is -0.540. The number of rotatable bonds is 0. The Labute approximate surface area is 95.1 Å². The van der Waals surface area contributed by atoms with E-state index < -0.39 is 0 Å². The minimum atomic E-state index is 0.468. The molecule has 0 aliphatic carbocycles. The van der Waals surface area contributed by atoms with Crippen molar-refractivity contribution in [2.75, 3.05) is 25.9 Å². The molecule has 2 nitrogen and oxygen atoms in total. The predicted octanol–water partition coefficient (Wildman–Crippen LogP) is 2.15. The number of likely N-dealkylation sites (tertiary alicyclic amines) is 1. The summed E-state index contributed by atoms with van der Waals surface area (Å²) in [6.07, 6.45) is 6.61. The normalized spacial score (nSPS) is 24.3. The average molecular weight is 220 g/mol. The van der Waals surface area contributed by atoms with E-state index in [9.17, 15) is 0 Å². The lowest BCUT2D eigenvalue weighted by Gasteiger charge is -2.38. The number of pyridine rings is 1. The topological polar surface area (TPSA) is 16.1 Å². The predicted molar refractivity (Wildman–Crippen MR) is 63.4 cm³/mol. The molecule has 1 aromatic rings. The van der Waals surface area contributed by atoms with Crippen molar-refractivity contribution < 1.29 is 0 Å². The van der Waals surface area contributed by atoms with Crippen LogP contribution < -0.4 is 0 Å². The van der Waals surface area contributed by atoms with Gasteiger partial charge in [-0.25, -0.2) is 0 Å². The van der Waals surface area contributed by atoms with Crippen molar-refractivity contribution in [3.63, 3.8) is 0 Å². The maximum atomic E-state index is 4.22. The molecule has 3 rings (SSSR count). The smallest absolute Gasteiger partial charge is 0.0406 e. The Morgan fingerprint density at radius 2 is 2.20 bits per heavy atom. The monoisotopic (exact) mass is 220 g/mol. The van der Waals surface area contributed by atoms with Crippen LogP contribution >= 0.6 is 11.8 Å². The molecule has 2 aliphatic rings. The van der Waals surface area contributed by atoms with Crippen molar-refractivity contribution in [3.05, 3.63) is 24.0 Å². The van der Waals surface area contributed by atoms with E-state index in [4.69, 9.17) is 0 Å². The zero-order chi connectivity index (χ0) is 10.3. The number of thioether (sulfide) groups is 1. The van der Waals surface area contributed by atoms with Gasteiger partial charge in [-0.2, -0.15) is 0 Å². The van der Waals surface area contributed by atoms with Crippen LogP contribution in [0, 0.1) is 0 Å². The van der Waals surface area contributed by atoms with Crippen LogP contribution in [-0.2, 0) is 5.41 Å². The molecule has 0 saturated carbocycles. The van der Waals surface area contributed by atoms with E-state index in [1.165, 1.54) is 36.6 Å². The largest absolute Gasteiger partial charge is 0.306 e. The molecule has 1 saturated heterocycles. The third-order valence-corrected chi connectivity index (χ3v) is 5.14. The highest BCUT2D eigenvalue weighted by molar-refractivity contribution is 7.99. The van der Waals surface area contributed by atoms with Crippen LogP contribution in [-0.4, -0.2) is 35.8 Å². The molecule has 0 bridgehead atoms. The standard InChI is InChI=1S/C12H16N2S/c1-14-6-3-12(4-7-14)9-15-11-8-13-5-2-10(11)12/h2,5,8H,3-4,6-7,9H2,1H3.